The molecule has 1 aromatic rings. The van der Waals surface area contributed by atoms with Crippen molar-refractivity contribution in [1.82, 2.24) is 15.6 Å². The average Bonchev–Trinajstić information content (AvgIpc) is 3.03. The largest absolute Gasteiger partial charge is 0.357 e. The molecule has 1 aliphatic rings. The van der Waals surface area contributed by atoms with Crippen molar-refractivity contribution in [2.24, 2.45) is 4.99 Å². The van der Waals surface area contributed by atoms with E-state index in [4.69, 9.17) is 0 Å². The molecule has 1 saturated heterocycles. The van der Waals surface area contributed by atoms with Crippen LogP contribution in [-0.2, 0) is 6.54 Å². The lowest BCUT2D eigenvalue weighted by Crippen LogP contribution is -2.43. The van der Waals surface area contributed by atoms with Crippen LogP contribution >= 0.6 is 23.1 Å². The van der Waals surface area contributed by atoms with Gasteiger partial charge in [0, 0.05) is 28.9 Å². The zero-order valence-electron chi connectivity index (χ0n) is 12.5. The van der Waals surface area contributed by atoms with Gasteiger partial charge in [-0.25, -0.2) is 9.98 Å². The van der Waals surface area contributed by atoms with Crippen LogP contribution in [0.25, 0.3) is 0 Å². The van der Waals surface area contributed by atoms with E-state index < -0.39 is 0 Å². The Kier molecular flexibility index (Phi) is 5.72. The molecule has 0 aromatic carbocycles. The van der Waals surface area contributed by atoms with Crippen molar-refractivity contribution in [1.29, 1.82) is 0 Å². The Morgan fingerprint density at radius 2 is 2.35 bits per heavy atom. The van der Waals surface area contributed by atoms with Crippen molar-refractivity contribution in [3.05, 3.63) is 16.1 Å². The van der Waals surface area contributed by atoms with Gasteiger partial charge in [-0.1, -0.05) is 0 Å². The Hall–Kier alpha value is -0.750. The molecule has 2 rings (SSSR count). The van der Waals surface area contributed by atoms with Gasteiger partial charge in [0.15, 0.2) is 5.96 Å². The van der Waals surface area contributed by atoms with Gasteiger partial charge >= 0.3 is 0 Å². The van der Waals surface area contributed by atoms with Gasteiger partial charge in [0.25, 0.3) is 0 Å². The summed E-state index contributed by atoms with van der Waals surface area (Å²) in [5.41, 5.74) is 1.08. The van der Waals surface area contributed by atoms with E-state index in [2.05, 4.69) is 51.6 Å². The molecular weight excluding hydrogens is 288 g/mol. The van der Waals surface area contributed by atoms with Crippen molar-refractivity contribution >= 4 is 29.1 Å². The molecule has 4 nitrogen and oxygen atoms in total. The summed E-state index contributed by atoms with van der Waals surface area (Å²) in [5.74, 6) is 2.18. The van der Waals surface area contributed by atoms with Crippen molar-refractivity contribution in [2.45, 2.75) is 44.9 Å². The molecule has 2 heterocycles. The molecule has 20 heavy (non-hydrogen) atoms. The zero-order valence-corrected chi connectivity index (χ0v) is 14.2. The van der Waals surface area contributed by atoms with Crippen LogP contribution in [0.4, 0.5) is 0 Å². The average molecular weight is 313 g/mol. The number of hydrogen-bond donors (Lipinski definition) is 2. The van der Waals surface area contributed by atoms with Crippen LogP contribution in [0.15, 0.2) is 10.4 Å². The van der Waals surface area contributed by atoms with Crippen molar-refractivity contribution in [3.63, 3.8) is 0 Å². The maximum absolute atomic E-state index is 4.62. The van der Waals surface area contributed by atoms with Crippen molar-refractivity contribution in [3.8, 4) is 0 Å². The summed E-state index contributed by atoms with van der Waals surface area (Å²) in [5, 5.41) is 9.92. The van der Waals surface area contributed by atoms with Gasteiger partial charge in [0.2, 0.25) is 0 Å². The molecule has 0 aliphatic carbocycles. The molecule has 0 radical (unpaired) electrons. The third-order valence-electron chi connectivity index (χ3n) is 3.31. The highest BCUT2D eigenvalue weighted by molar-refractivity contribution is 8.00. The first kappa shape index (κ1) is 15.6. The van der Waals surface area contributed by atoms with Crippen LogP contribution in [0.5, 0.6) is 0 Å². The number of aromatic nitrogens is 1. The van der Waals surface area contributed by atoms with E-state index in [1.165, 1.54) is 18.6 Å². The number of nitrogens with zero attached hydrogens (tertiary/aromatic N) is 2. The second-order valence-corrected chi connectivity index (χ2v) is 7.96. The number of rotatable bonds is 5. The SMILES string of the molecule is CCNC(=NCc1nc(C)cs1)NCC1(C)CCCS1. The first-order chi connectivity index (χ1) is 9.61. The van der Waals surface area contributed by atoms with Gasteiger partial charge in [-0.15, -0.1) is 11.3 Å². The molecule has 1 fully saturated rings. The Labute approximate surface area is 129 Å². The highest BCUT2D eigenvalue weighted by Gasteiger charge is 2.29. The first-order valence-electron chi connectivity index (χ1n) is 7.18. The second kappa shape index (κ2) is 7.31. The van der Waals surface area contributed by atoms with Crippen LogP contribution in [0.1, 0.15) is 37.4 Å². The lowest BCUT2D eigenvalue weighted by Gasteiger charge is -2.24. The third kappa shape index (κ3) is 4.66. The fourth-order valence-electron chi connectivity index (χ4n) is 2.21. The summed E-state index contributed by atoms with van der Waals surface area (Å²) >= 11 is 3.74. The number of hydrogen-bond acceptors (Lipinski definition) is 4. The van der Waals surface area contributed by atoms with E-state index >= 15 is 0 Å². The molecule has 0 saturated carbocycles. The van der Waals surface area contributed by atoms with Crippen LogP contribution in [0, 0.1) is 6.92 Å². The van der Waals surface area contributed by atoms with Gasteiger partial charge < -0.3 is 10.6 Å². The number of aryl methyl sites for hydroxylation is 1. The number of thioether (sulfide) groups is 1. The fraction of sp³-hybridized carbons (Fsp3) is 0.714. The molecule has 0 amide bonds. The Balaban J connectivity index is 1.88. The van der Waals surface area contributed by atoms with Crippen molar-refractivity contribution < 1.29 is 0 Å². The molecule has 1 atom stereocenters. The molecule has 0 bridgehead atoms. The third-order valence-corrected chi connectivity index (χ3v) is 5.80. The maximum Gasteiger partial charge on any atom is 0.191 e. The molecule has 1 aliphatic heterocycles. The lowest BCUT2D eigenvalue weighted by molar-refractivity contribution is 0.584. The van der Waals surface area contributed by atoms with E-state index in [9.17, 15) is 0 Å². The Morgan fingerprint density at radius 1 is 1.50 bits per heavy atom. The van der Waals surface area contributed by atoms with Gasteiger partial charge in [0.05, 0.1) is 6.54 Å². The molecule has 1 aromatic heterocycles. The summed E-state index contributed by atoms with van der Waals surface area (Å²) < 4.78 is 0.355. The van der Waals surface area contributed by atoms with E-state index in [1.807, 2.05) is 6.92 Å². The minimum atomic E-state index is 0.355. The quantitative estimate of drug-likeness (QED) is 0.648. The number of nitrogens with one attached hydrogen (secondary N) is 2. The number of guanidine groups is 1. The van der Waals surface area contributed by atoms with E-state index in [0.717, 1.165) is 29.8 Å². The van der Waals surface area contributed by atoms with E-state index in [-0.39, 0.29) is 0 Å². The fourth-order valence-corrected chi connectivity index (χ4v) is 4.15. The number of thiazole rings is 1. The summed E-state index contributed by atoms with van der Waals surface area (Å²) in [6.07, 6.45) is 2.62. The normalized spacial score (nSPS) is 23.1. The minimum absolute atomic E-state index is 0.355. The second-order valence-electron chi connectivity index (χ2n) is 5.33. The lowest BCUT2D eigenvalue weighted by atomic mass is 10.1. The van der Waals surface area contributed by atoms with Gasteiger partial charge in [0.1, 0.15) is 5.01 Å². The predicted molar refractivity (Wildman–Crippen MR) is 89.8 cm³/mol. The summed E-state index contributed by atoms with van der Waals surface area (Å²) in [7, 11) is 0. The molecule has 112 valence electrons. The molecular formula is C14H24N4S2. The van der Waals surface area contributed by atoms with Crippen LogP contribution in [0.2, 0.25) is 0 Å². The van der Waals surface area contributed by atoms with Gasteiger partial charge in [-0.05, 0) is 39.4 Å². The zero-order chi connectivity index (χ0) is 14.4. The predicted octanol–water partition coefficient (Wildman–Crippen LogP) is 2.79. The summed E-state index contributed by atoms with van der Waals surface area (Å²) in [4.78, 5) is 9.07. The molecule has 6 heteroatoms. The monoisotopic (exact) mass is 312 g/mol. The Bertz CT molecular complexity index is 450. The van der Waals surface area contributed by atoms with Gasteiger partial charge in [-0.3, -0.25) is 0 Å². The van der Waals surface area contributed by atoms with Crippen LogP contribution in [-0.4, -0.2) is 34.5 Å². The number of aliphatic imine (C=N–C) groups is 1. The molecule has 0 spiro atoms. The minimum Gasteiger partial charge on any atom is -0.357 e. The standard InChI is InChI=1S/C14H24N4S2/c1-4-15-13(16-8-12-18-11(2)9-19-12)17-10-14(3)6-5-7-20-14/h9H,4-8,10H2,1-3H3,(H2,15,16,17). The topological polar surface area (TPSA) is 49.3 Å². The van der Waals surface area contributed by atoms with Crippen molar-refractivity contribution in [2.75, 3.05) is 18.8 Å². The smallest absolute Gasteiger partial charge is 0.191 e. The van der Waals surface area contributed by atoms with E-state index in [0.29, 0.717) is 11.3 Å². The highest BCUT2D eigenvalue weighted by atomic mass is 32.2. The van der Waals surface area contributed by atoms with Crippen LogP contribution < -0.4 is 10.6 Å². The maximum atomic E-state index is 4.62. The van der Waals surface area contributed by atoms with E-state index in [1.54, 1.807) is 11.3 Å². The van der Waals surface area contributed by atoms with Gasteiger partial charge in [-0.2, -0.15) is 11.8 Å². The Morgan fingerprint density at radius 3 is 2.95 bits per heavy atom. The highest BCUT2D eigenvalue weighted by Crippen LogP contribution is 2.36. The molecule has 2 N–H and O–H groups in total. The van der Waals surface area contributed by atoms with Crippen LogP contribution in [0.3, 0.4) is 0 Å². The molecule has 1 unspecified atom stereocenters. The summed E-state index contributed by atoms with van der Waals surface area (Å²) in [6.45, 7) is 8.96. The first-order valence-corrected chi connectivity index (χ1v) is 9.05. The summed E-state index contributed by atoms with van der Waals surface area (Å²) in [6, 6.07) is 0.